The number of carbonyl (C=O) groups is 1. The van der Waals surface area contributed by atoms with Gasteiger partial charge < -0.3 is 10.2 Å². The monoisotopic (exact) mass is 369 g/mol. The molecular formula is C19H23N5OS. The number of nitrogens with zero attached hydrogens (tertiary/aromatic N) is 4. The minimum Gasteiger partial charge on any atom is -0.348 e. The molecule has 0 unspecified atom stereocenters. The van der Waals surface area contributed by atoms with Crippen LogP contribution in [0.15, 0.2) is 18.2 Å². The van der Waals surface area contributed by atoms with Crippen LogP contribution in [-0.2, 0) is 18.3 Å². The Balaban J connectivity index is 1.50. The van der Waals surface area contributed by atoms with Gasteiger partial charge in [-0.3, -0.25) is 9.48 Å². The van der Waals surface area contributed by atoms with Gasteiger partial charge in [-0.15, -0.1) is 0 Å². The van der Waals surface area contributed by atoms with Crippen LogP contribution >= 0.6 is 11.3 Å². The van der Waals surface area contributed by atoms with Gasteiger partial charge in [0, 0.05) is 37.1 Å². The zero-order valence-corrected chi connectivity index (χ0v) is 16.2. The second-order valence-corrected chi connectivity index (χ2v) is 7.88. The molecule has 1 aliphatic rings. The summed E-state index contributed by atoms with van der Waals surface area (Å²) in [5, 5.41) is 8.48. The lowest BCUT2D eigenvalue weighted by molar-refractivity contribution is -0.115. The van der Waals surface area contributed by atoms with Gasteiger partial charge in [0.15, 0.2) is 5.13 Å². The highest BCUT2D eigenvalue weighted by molar-refractivity contribution is 7.22. The van der Waals surface area contributed by atoms with E-state index in [-0.39, 0.29) is 5.91 Å². The standard InChI is InChI=1S/C19H23N5OS/c1-12-15(13(2)23(3)22-12)11-18(25)20-14-6-7-16-17(10-14)26-19(21-16)24-8-4-5-9-24/h6-7,10H,4-5,8-9,11H2,1-3H3,(H,20,25). The van der Waals surface area contributed by atoms with Crippen molar-refractivity contribution in [1.29, 1.82) is 0 Å². The third-order valence-electron chi connectivity index (χ3n) is 5.03. The maximum absolute atomic E-state index is 12.5. The van der Waals surface area contributed by atoms with Crippen molar-refractivity contribution >= 4 is 38.3 Å². The van der Waals surface area contributed by atoms with Gasteiger partial charge >= 0.3 is 0 Å². The van der Waals surface area contributed by atoms with E-state index in [4.69, 9.17) is 4.98 Å². The lowest BCUT2D eigenvalue weighted by atomic mass is 10.1. The Morgan fingerprint density at radius 2 is 2.04 bits per heavy atom. The van der Waals surface area contributed by atoms with Gasteiger partial charge in [0.1, 0.15) is 0 Å². The number of thiazole rings is 1. The molecule has 1 aromatic carbocycles. The van der Waals surface area contributed by atoms with Gasteiger partial charge in [0.25, 0.3) is 0 Å². The summed E-state index contributed by atoms with van der Waals surface area (Å²) in [5.41, 5.74) is 4.76. The van der Waals surface area contributed by atoms with Crippen LogP contribution in [0.25, 0.3) is 10.2 Å². The molecule has 3 aromatic rings. The number of anilines is 2. The van der Waals surface area contributed by atoms with Crippen LogP contribution in [0.3, 0.4) is 0 Å². The van der Waals surface area contributed by atoms with Crippen LogP contribution in [-0.4, -0.2) is 33.8 Å². The van der Waals surface area contributed by atoms with Crippen molar-refractivity contribution in [2.75, 3.05) is 23.3 Å². The summed E-state index contributed by atoms with van der Waals surface area (Å²) in [6.07, 6.45) is 2.82. The zero-order chi connectivity index (χ0) is 18.3. The molecule has 0 radical (unpaired) electrons. The molecule has 3 heterocycles. The molecule has 0 atom stereocenters. The molecule has 0 spiro atoms. The van der Waals surface area contributed by atoms with Crippen molar-refractivity contribution in [3.05, 3.63) is 35.2 Å². The normalized spacial score (nSPS) is 14.3. The molecule has 0 bridgehead atoms. The first kappa shape index (κ1) is 17.0. The Kier molecular flexibility index (Phi) is 4.40. The molecule has 1 aliphatic heterocycles. The number of amides is 1. The Labute approximate surface area is 156 Å². The molecule has 1 saturated heterocycles. The lowest BCUT2D eigenvalue weighted by Crippen LogP contribution is -2.16. The second kappa shape index (κ2) is 6.72. The van der Waals surface area contributed by atoms with Gasteiger partial charge in [-0.25, -0.2) is 4.98 Å². The molecule has 1 fully saturated rings. The van der Waals surface area contributed by atoms with E-state index < -0.39 is 0 Å². The quantitative estimate of drug-likeness (QED) is 0.765. The van der Waals surface area contributed by atoms with Crippen molar-refractivity contribution in [1.82, 2.24) is 14.8 Å². The van der Waals surface area contributed by atoms with Gasteiger partial charge in [-0.05, 0) is 44.9 Å². The Morgan fingerprint density at radius 1 is 1.27 bits per heavy atom. The number of fused-ring (bicyclic) bond motifs is 1. The molecular weight excluding hydrogens is 346 g/mol. The largest absolute Gasteiger partial charge is 0.348 e. The van der Waals surface area contributed by atoms with E-state index in [9.17, 15) is 4.79 Å². The molecule has 4 rings (SSSR count). The number of rotatable bonds is 4. The number of hydrogen-bond acceptors (Lipinski definition) is 5. The molecule has 6 nitrogen and oxygen atoms in total. The molecule has 0 aliphatic carbocycles. The zero-order valence-electron chi connectivity index (χ0n) is 15.4. The van der Waals surface area contributed by atoms with Gasteiger partial charge in [0.2, 0.25) is 5.91 Å². The Hall–Kier alpha value is -2.41. The van der Waals surface area contributed by atoms with Crippen LogP contribution in [0, 0.1) is 13.8 Å². The minimum atomic E-state index is -0.0205. The van der Waals surface area contributed by atoms with Gasteiger partial charge in [-0.2, -0.15) is 5.10 Å². The molecule has 26 heavy (non-hydrogen) atoms. The van der Waals surface area contributed by atoms with Crippen LogP contribution in [0.1, 0.15) is 29.8 Å². The predicted molar refractivity (Wildman–Crippen MR) is 106 cm³/mol. The van der Waals surface area contributed by atoms with E-state index in [1.807, 2.05) is 43.8 Å². The highest BCUT2D eigenvalue weighted by atomic mass is 32.1. The number of aryl methyl sites for hydroxylation is 2. The van der Waals surface area contributed by atoms with Crippen molar-refractivity contribution in [3.8, 4) is 0 Å². The second-order valence-electron chi connectivity index (χ2n) is 6.87. The van der Waals surface area contributed by atoms with Crippen molar-refractivity contribution < 1.29 is 4.79 Å². The summed E-state index contributed by atoms with van der Waals surface area (Å²) in [4.78, 5) is 19.6. The first-order valence-corrected chi connectivity index (χ1v) is 9.77. The van der Waals surface area contributed by atoms with E-state index in [1.54, 1.807) is 11.3 Å². The summed E-state index contributed by atoms with van der Waals surface area (Å²) >= 11 is 1.70. The van der Waals surface area contributed by atoms with E-state index in [1.165, 1.54) is 12.8 Å². The molecule has 0 saturated carbocycles. The number of nitrogens with one attached hydrogen (secondary N) is 1. The fraction of sp³-hybridized carbons (Fsp3) is 0.421. The number of hydrogen-bond donors (Lipinski definition) is 1. The summed E-state index contributed by atoms with van der Waals surface area (Å²) in [6, 6.07) is 5.94. The smallest absolute Gasteiger partial charge is 0.228 e. The molecule has 136 valence electrons. The van der Waals surface area contributed by atoms with E-state index >= 15 is 0 Å². The average molecular weight is 369 g/mol. The van der Waals surface area contributed by atoms with Crippen LogP contribution < -0.4 is 10.2 Å². The first-order valence-electron chi connectivity index (χ1n) is 8.96. The molecule has 7 heteroatoms. The topological polar surface area (TPSA) is 63.1 Å². The van der Waals surface area contributed by atoms with Crippen LogP contribution in [0.2, 0.25) is 0 Å². The highest BCUT2D eigenvalue weighted by Gasteiger charge is 2.17. The van der Waals surface area contributed by atoms with E-state index in [2.05, 4.69) is 15.3 Å². The lowest BCUT2D eigenvalue weighted by Gasteiger charge is -2.11. The Bertz CT molecular complexity index is 968. The summed E-state index contributed by atoms with van der Waals surface area (Å²) in [7, 11) is 1.90. The Morgan fingerprint density at radius 3 is 2.73 bits per heavy atom. The number of carbonyl (C=O) groups excluding carboxylic acids is 1. The fourth-order valence-electron chi connectivity index (χ4n) is 3.47. The van der Waals surface area contributed by atoms with E-state index in [0.717, 1.165) is 51.1 Å². The maximum Gasteiger partial charge on any atom is 0.228 e. The van der Waals surface area contributed by atoms with Crippen LogP contribution in [0.5, 0.6) is 0 Å². The predicted octanol–water partition coefficient (Wildman–Crippen LogP) is 3.43. The average Bonchev–Trinajstić information content (AvgIpc) is 3.31. The first-order chi connectivity index (χ1) is 12.5. The highest BCUT2D eigenvalue weighted by Crippen LogP contribution is 2.32. The number of benzene rings is 1. The maximum atomic E-state index is 12.5. The number of aromatic nitrogens is 3. The van der Waals surface area contributed by atoms with Crippen molar-refractivity contribution in [3.63, 3.8) is 0 Å². The van der Waals surface area contributed by atoms with Gasteiger partial charge in [0.05, 0.1) is 22.3 Å². The molecule has 1 amide bonds. The SMILES string of the molecule is Cc1nn(C)c(C)c1CC(=O)Nc1ccc2nc(N3CCCC3)sc2c1. The summed E-state index contributed by atoms with van der Waals surface area (Å²) < 4.78 is 2.93. The summed E-state index contributed by atoms with van der Waals surface area (Å²) in [6.45, 7) is 6.12. The van der Waals surface area contributed by atoms with Crippen LogP contribution in [0.4, 0.5) is 10.8 Å². The molecule has 1 N–H and O–H groups in total. The van der Waals surface area contributed by atoms with E-state index in [0.29, 0.717) is 6.42 Å². The molecule has 2 aromatic heterocycles. The third-order valence-corrected chi connectivity index (χ3v) is 6.11. The van der Waals surface area contributed by atoms with Gasteiger partial charge in [-0.1, -0.05) is 11.3 Å². The minimum absolute atomic E-state index is 0.0205. The third kappa shape index (κ3) is 3.19. The summed E-state index contributed by atoms with van der Waals surface area (Å²) in [5.74, 6) is -0.0205. The van der Waals surface area contributed by atoms with Crippen molar-refractivity contribution in [2.24, 2.45) is 7.05 Å². The fourth-order valence-corrected chi connectivity index (χ4v) is 4.53. The van der Waals surface area contributed by atoms with Crippen molar-refractivity contribution in [2.45, 2.75) is 33.1 Å².